The second-order valence-electron chi connectivity index (χ2n) is 4.71. The molecule has 118 valence electrons. The molecule has 0 aliphatic carbocycles. The first-order chi connectivity index (χ1) is 10.0. The van der Waals surface area contributed by atoms with Crippen LogP contribution in [0.2, 0.25) is 0 Å². The zero-order valence-corrected chi connectivity index (χ0v) is 12.8. The average molecular weight is 295 g/mol. The van der Waals surface area contributed by atoms with Crippen LogP contribution in [-0.4, -0.2) is 35.6 Å². The highest BCUT2D eigenvalue weighted by molar-refractivity contribution is 6.32. The third kappa shape index (κ3) is 10.6. The predicted octanol–water partition coefficient (Wildman–Crippen LogP) is 2.37. The zero-order chi connectivity index (χ0) is 16.1. The molecule has 0 bridgehead atoms. The van der Waals surface area contributed by atoms with Crippen LogP contribution in [0.25, 0.3) is 0 Å². The van der Waals surface area contributed by atoms with Gasteiger partial charge in [-0.3, -0.25) is 4.79 Å². The van der Waals surface area contributed by atoms with Crippen LogP contribution in [-0.2, 0) is 16.0 Å². The lowest BCUT2D eigenvalue weighted by Crippen LogP contribution is -2.11. The summed E-state index contributed by atoms with van der Waals surface area (Å²) < 4.78 is 0. The molecule has 0 saturated heterocycles. The maximum absolute atomic E-state index is 10.4. The summed E-state index contributed by atoms with van der Waals surface area (Å²) in [4.78, 5) is 20.4. The fourth-order valence-corrected chi connectivity index (χ4v) is 1.57. The summed E-state index contributed by atoms with van der Waals surface area (Å²) in [5.74, 6) is -1.65. The predicted molar refractivity (Wildman–Crippen MR) is 82.5 cm³/mol. The van der Waals surface area contributed by atoms with Crippen molar-refractivity contribution in [2.75, 3.05) is 13.6 Å². The second-order valence-corrected chi connectivity index (χ2v) is 4.71. The number of Topliss-reactive ketones (excluding diaryl/α,β-unsaturated/α-hetero) is 1. The van der Waals surface area contributed by atoms with E-state index >= 15 is 0 Å². The first kappa shape index (κ1) is 19.1. The van der Waals surface area contributed by atoms with Crippen molar-refractivity contribution < 1.29 is 19.8 Å². The molecule has 21 heavy (non-hydrogen) atoms. The number of likely N-dealkylation sites (N-methyl/N-ethyl adjacent to an activating group) is 1. The van der Waals surface area contributed by atoms with Crippen LogP contribution in [0.15, 0.2) is 24.3 Å². The summed E-state index contributed by atoms with van der Waals surface area (Å²) in [6.07, 6.45) is 3.83. The van der Waals surface area contributed by atoms with Crippen molar-refractivity contribution >= 4 is 11.8 Å². The molecule has 0 atom stereocenters. The van der Waals surface area contributed by atoms with Gasteiger partial charge in [0.25, 0.3) is 0 Å². The lowest BCUT2D eigenvalue weighted by molar-refractivity contribution is -0.149. The Morgan fingerprint density at radius 2 is 1.76 bits per heavy atom. The Hall–Kier alpha value is -1.88. The Kier molecular flexibility index (Phi) is 10.8. The van der Waals surface area contributed by atoms with Crippen molar-refractivity contribution in [2.45, 2.75) is 39.0 Å². The molecule has 0 aromatic heterocycles. The van der Waals surface area contributed by atoms with E-state index in [9.17, 15) is 9.59 Å². The molecule has 0 saturated carbocycles. The molecular formula is C16H25NO4. The van der Waals surface area contributed by atoms with Crippen molar-refractivity contribution in [1.82, 2.24) is 5.32 Å². The molecule has 3 N–H and O–H groups in total. The third-order valence-corrected chi connectivity index (χ3v) is 2.85. The molecule has 0 aliphatic heterocycles. The van der Waals surface area contributed by atoms with Gasteiger partial charge in [0.05, 0.1) is 0 Å². The molecule has 0 aliphatic rings. The number of phenolic OH excluding ortho intramolecular Hbond substituents is 1. The van der Waals surface area contributed by atoms with E-state index in [1.807, 2.05) is 26.1 Å². The maximum Gasteiger partial charge on any atom is 0.372 e. The van der Waals surface area contributed by atoms with E-state index in [4.69, 9.17) is 10.2 Å². The summed E-state index contributed by atoms with van der Waals surface area (Å²) in [5.41, 5.74) is 1.25. The molecule has 0 amide bonds. The van der Waals surface area contributed by atoms with Crippen LogP contribution in [0.5, 0.6) is 5.75 Å². The van der Waals surface area contributed by atoms with E-state index < -0.39 is 11.8 Å². The number of carboxylic acids is 1. The van der Waals surface area contributed by atoms with Gasteiger partial charge in [-0.15, -0.1) is 0 Å². The van der Waals surface area contributed by atoms with Crippen LogP contribution in [0, 0.1) is 0 Å². The number of ketones is 1. The molecule has 1 rings (SSSR count). The molecule has 1 aromatic carbocycles. The number of unbranched alkanes of at least 4 members (excludes halogenated alkanes) is 2. The monoisotopic (exact) mass is 295 g/mol. The summed E-state index contributed by atoms with van der Waals surface area (Å²) in [6, 6.07) is 7.30. The van der Waals surface area contributed by atoms with Crippen molar-refractivity contribution in [2.24, 2.45) is 0 Å². The Morgan fingerprint density at radius 1 is 1.14 bits per heavy atom. The number of carbonyl (C=O) groups is 2. The number of hydrogen-bond donors (Lipinski definition) is 3. The van der Waals surface area contributed by atoms with E-state index in [0.29, 0.717) is 12.2 Å². The number of nitrogens with one attached hydrogen (secondary N) is 1. The number of carboxylic acid groups (broad SMARTS) is 1. The third-order valence-electron chi connectivity index (χ3n) is 2.85. The first-order valence-corrected chi connectivity index (χ1v) is 7.19. The zero-order valence-electron chi connectivity index (χ0n) is 12.8. The molecule has 5 heteroatoms. The van der Waals surface area contributed by atoms with Gasteiger partial charge < -0.3 is 15.5 Å². The highest BCUT2D eigenvalue weighted by Gasteiger charge is 2.08. The highest BCUT2D eigenvalue weighted by atomic mass is 16.4. The maximum atomic E-state index is 10.4. The van der Waals surface area contributed by atoms with Crippen LogP contribution < -0.4 is 5.32 Å². The number of benzene rings is 1. The van der Waals surface area contributed by atoms with Gasteiger partial charge in [0.1, 0.15) is 5.75 Å². The highest BCUT2D eigenvalue weighted by Crippen LogP contribution is 2.09. The van der Waals surface area contributed by atoms with Gasteiger partial charge in [0, 0.05) is 6.42 Å². The normalized spacial score (nSPS) is 9.62. The summed E-state index contributed by atoms with van der Waals surface area (Å²) in [6.45, 7) is 2.98. The lowest BCUT2D eigenvalue weighted by atomic mass is 10.1. The minimum atomic E-state index is -1.31. The lowest BCUT2D eigenvalue weighted by Gasteiger charge is -1.99. The number of aromatic hydroxyl groups is 1. The van der Waals surface area contributed by atoms with Crippen molar-refractivity contribution in [3.05, 3.63) is 29.8 Å². The largest absolute Gasteiger partial charge is 0.508 e. The van der Waals surface area contributed by atoms with Crippen molar-refractivity contribution in [3.63, 3.8) is 0 Å². The Bertz CT molecular complexity index is 415. The van der Waals surface area contributed by atoms with Gasteiger partial charge in [0.2, 0.25) is 5.78 Å². The van der Waals surface area contributed by atoms with E-state index in [-0.39, 0.29) is 6.42 Å². The summed E-state index contributed by atoms with van der Waals surface area (Å²) in [7, 11) is 1.93. The molecule has 5 nitrogen and oxygen atoms in total. The molecule has 0 radical (unpaired) electrons. The number of carbonyl (C=O) groups excluding carboxylic acids is 1. The van der Waals surface area contributed by atoms with Crippen molar-refractivity contribution in [3.8, 4) is 5.75 Å². The van der Waals surface area contributed by atoms with Gasteiger partial charge >= 0.3 is 5.97 Å². The molecule has 0 spiro atoms. The van der Waals surface area contributed by atoms with Gasteiger partial charge in [-0.05, 0) is 44.1 Å². The smallest absolute Gasteiger partial charge is 0.372 e. The second kappa shape index (κ2) is 11.9. The Morgan fingerprint density at radius 3 is 2.24 bits per heavy atom. The van der Waals surface area contributed by atoms with Crippen LogP contribution in [0.1, 0.15) is 38.2 Å². The molecular weight excluding hydrogens is 270 g/mol. The standard InChI is InChI=1S/C9H13NO.C7H12O3/c1-10-7-6-8-2-4-9(11)5-3-8;1-2-3-4-5-6(8)7(9)10/h2-5,10-11H,6-7H2,1H3;2-5H2,1H3,(H,9,10). The van der Waals surface area contributed by atoms with Gasteiger partial charge in [-0.25, -0.2) is 4.79 Å². The minimum Gasteiger partial charge on any atom is -0.508 e. The van der Waals surface area contributed by atoms with E-state index in [1.54, 1.807) is 12.1 Å². The van der Waals surface area contributed by atoms with E-state index in [2.05, 4.69) is 5.32 Å². The number of phenols is 1. The average Bonchev–Trinajstić information content (AvgIpc) is 2.47. The summed E-state index contributed by atoms with van der Waals surface area (Å²) >= 11 is 0. The Balaban J connectivity index is 0.000000384. The number of hydrogen-bond acceptors (Lipinski definition) is 4. The molecule has 1 aromatic rings. The van der Waals surface area contributed by atoms with Crippen LogP contribution in [0.4, 0.5) is 0 Å². The fourth-order valence-electron chi connectivity index (χ4n) is 1.57. The topological polar surface area (TPSA) is 86.6 Å². The quantitative estimate of drug-likeness (QED) is 0.506. The number of aliphatic carboxylic acids is 1. The van der Waals surface area contributed by atoms with Gasteiger partial charge in [-0.2, -0.15) is 0 Å². The summed E-state index contributed by atoms with van der Waals surface area (Å²) in [5, 5.41) is 20.2. The minimum absolute atomic E-state index is 0.184. The van der Waals surface area contributed by atoms with E-state index in [1.165, 1.54) is 5.56 Å². The molecule has 0 heterocycles. The molecule has 0 unspecified atom stereocenters. The van der Waals surface area contributed by atoms with Gasteiger partial charge in [-0.1, -0.05) is 31.9 Å². The van der Waals surface area contributed by atoms with Crippen molar-refractivity contribution in [1.29, 1.82) is 0 Å². The Labute approximate surface area is 126 Å². The van der Waals surface area contributed by atoms with E-state index in [0.717, 1.165) is 25.8 Å². The molecule has 0 fully saturated rings. The van der Waals surface area contributed by atoms with Gasteiger partial charge in [0.15, 0.2) is 0 Å². The van der Waals surface area contributed by atoms with Crippen LogP contribution in [0.3, 0.4) is 0 Å². The number of rotatable bonds is 8. The van der Waals surface area contributed by atoms with Crippen LogP contribution >= 0.6 is 0 Å². The SMILES string of the molecule is CCCCCC(=O)C(=O)O.CNCCc1ccc(O)cc1. The fraction of sp³-hybridized carbons (Fsp3) is 0.500. The first-order valence-electron chi connectivity index (χ1n) is 7.19.